The first kappa shape index (κ1) is 24.5. The van der Waals surface area contributed by atoms with Crippen LogP contribution in [0.25, 0.3) is 0 Å². The Morgan fingerprint density at radius 1 is 0.833 bits per heavy atom. The average Bonchev–Trinajstić information content (AvgIpc) is 2.53. The van der Waals surface area contributed by atoms with Gasteiger partial charge in [-0.2, -0.15) is 0 Å². The van der Waals surface area contributed by atoms with Crippen LogP contribution in [0, 0.1) is 11.5 Å². The first-order valence-corrected chi connectivity index (χ1v) is 21.7. The quantitative estimate of drug-likeness (QED) is 0.183. The fourth-order valence-electron chi connectivity index (χ4n) is 3.48. The van der Waals surface area contributed by atoms with Crippen molar-refractivity contribution in [2.24, 2.45) is 0 Å². The van der Waals surface area contributed by atoms with Crippen LogP contribution in [0.3, 0.4) is 0 Å². The Labute approximate surface area is 158 Å². The third-order valence-corrected chi connectivity index (χ3v) is 22.4. The number of hydrogen-bond donors (Lipinski definition) is 1. The second-order valence-corrected chi connectivity index (χ2v) is 27.3. The number of rotatable bonds is 13. The number of aliphatic hydroxyl groups excluding tert-OH is 1. The van der Waals surface area contributed by atoms with Gasteiger partial charge in [-0.1, -0.05) is 0 Å². The first-order chi connectivity index (χ1) is 11.3. The monoisotopic (exact) mass is 460 g/mol. The molecule has 3 heteroatoms. The molecule has 0 aromatic rings. The van der Waals surface area contributed by atoms with Crippen LogP contribution in [0.2, 0.25) is 33.0 Å². The van der Waals surface area contributed by atoms with Crippen LogP contribution in [0.1, 0.15) is 78.6 Å². The summed E-state index contributed by atoms with van der Waals surface area (Å²) in [5.41, 5.74) is 3.46. The molecule has 0 aromatic heterocycles. The Hall–Kier alpha value is 0.536. The Balaban J connectivity index is 4.77. The summed E-state index contributed by atoms with van der Waals surface area (Å²) in [5, 5.41) is 11.2. The maximum atomic E-state index is 11.2. The van der Waals surface area contributed by atoms with Crippen LogP contribution in [0.15, 0.2) is 0 Å². The predicted octanol–water partition coefficient (Wildman–Crippen LogP) is 6.79. The molecule has 1 unspecified atom stereocenters. The van der Waals surface area contributed by atoms with E-state index in [1.54, 1.807) is 0 Å². The summed E-state index contributed by atoms with van der Waals surface area (Å²) in [7, 11) is -1.23. The van der Waals surface area contributed by atoms with Gasteiger partial charge >= 0.3 is 159 Å². The molecule has 0 aliphatic heterocycles. The Bertz CT molecular complexity index is 342. The SMILES string of the molecule is CCC[CH2][Sn]([CH2]CCC)([CH2]CCC)[CH](O)CCCC#C[Si](C)(C)C. The van der Waals surface area contributed by atoms with Gasteiger partial charge in [0.25, 0.3) is 0 Å². The number of unbranched alkanes of at least 4 members (excludes halogenated alkanes) is 4. The van der Waals surface area contributed by atoms with Crippen molar-refractivity contribution in [3.63, 3.8) is 0 Å². The van der Waals surface area contributed by atoms with Crippen molar-refractivity contribution in [2.45, 2.75) is 116 Å². The molecular weight excluding hydrogens is 415 g/mol. The summed E-state index contributed by atoms with van der Waals surface area (Å²) in [6.45, 7) is 13.8. The molecule has 0 amide bonds. The summed E-state index contributed by atoms with van der Waals surface area (Å²) in [6, 6.07) is 0. The minimum atomic E-state index is -2.41. The van der Waals surface area contributed by atoms with Gasteiger partial charge in [-0.05, 0) is 0 Å². The summed E-state index contributed by atoms with van der Waals surface area (Å²) in [5.74, 6) is 3.39. The van der Waals surface area contributed by atoms with E-state index in [1.165, 1.54) is 51.8 Å². The van der Waals surface area contributed by atoms with Crippen LogP contribution >= 0.6 is 0 Å². The molecule has 0 heterocycles. The standard InChI is InChI=1S/C9H17OSi.3C4H9.Sn/c1-11(2,3)9-7-5-4-6-8-10;3*1-3-4-2;/h8,10H,4-6H2,1-3H3;3*1,3-4H2,2H3;. The normalized spacial score (nSPS) is 13.5. The molecule has 142 valence electrons. The molecule has 0 saturated carbocycles. The molecule has 1 atom stereocenters. The van der Waals surface area contributed by atoms with E-state index in [-0.39, 0.29) is 4.12 Å². The van der Waals surface area contributed by atoms with E-state index in [2.05, 4.69) is 51.9 Å². The van der Waals surface area contributed by atoms with Gasteiger partial charge in [0.2, 0.25) is 0 Å². The van der Waals surface area contributed by atoms with Gasteiger partial charge < -0.3 is 0 Å². The second-order valence-electron chi connectivity index (χ2n) is 8.63. The Morgan fingerprint density at radius 3 is 1.67 bits per heavy atom. The fraction of sp³-hybridized carbons (Fsp3) is 0.905. The van der Waals surface area contributed by atoms with Crippen LogP contribution in [0.5, 0.6) is 0 Å². The van der Waals surface area contributed by atoms with Gasteiger partial charge in [0.05, 0.1) is 0 Å². The molecule has 0 aliphatic carbocycles. The maximum absolute atomic E-state index is 11.2. The van der Waals surface area contributed by atoms with E-state index >= 15 is 0 Å². The van der Waals surface area contributed by atoms with Crippen LogP contribution in [-0.2, 0) is 0 Å². The molecule has 0 fully saturated rings. The van der Waals surface area contributed by atoms with Crippen molar-refractivity contribution in [1.29, 1.82) is 0 Å². The van der Waals surface area contributed by atoms with Crippen molar-refractivity contribution in [1.82, 2.24) is 0 Å². The summed E-state index contributed by atoms with van der Waals surface area (Å²) in [6.07, 6.45) is 11.0. The predicted molar refractivity (Wildman–Crippen MR) is 116 cm³/mol. The van der Waals surface area contributed by atoms with Crippen molar-refractivity contribution >= 4 is 26.5 Å². The molecule has 0 bridgehead atoms. The molecule has 0 spiro atoms. The first-order valence-electron chi connectivity index (χ1n) is 10.5. The van der Waals surface area contributed by atoms with Gasteiger partial charge in [0, 0.05) is 0 Å². The molecule has 1 N–H and O–H groups in total. The van der Waals surface area contributed by atoms with Crippen LogP contribution in [0.4, 0.5) is 0 Å². The zero-order valence-corrected chi connectivity index (χ0v) is 21.4. The van der Waals surface area contributed by atoms with Crippen molar-refractivity contribution in [2.75, 3.05) is 0 Å². The van der Waals surface area contributed by atoms with Gasteiger partial charge in [0.15, 0.2) is 0 Å². The van der Waals surface area contributed by atoms with Crippen molar-refractivity contribution in [3.05, 3.63) is 0 Å². The Kier molecular flexibility index (Phi) is 14.0. The average molecular weight is 459 g/mol. The van der Waals surface area contributed by atoms with E-state index in [9.17, 15) is 5.11 Å². The van der Waals surface area contributed by atoms with Gasteiger partial charge in [-0.25, -0.2) is 0 Å². The van der Waals surface area contributed by atoms with Gasteiger partial charge in [0.1, 0.15) is 0 Å². The van der Waals surface area contributed by atoms with E-state index in [0.29, 0.717) is 0 Å². The van der Waals surface area contributed by atoms with E-state index in [1.807, 2.05) is 0 Å². The molecule has 0 saturated heterocycles. The number of aliphatic hydroxyl groups is 1. The molecule has 0 aliphatic rings. The zero-order chi connectivity index (χ0) is 18.5. The zero-order valence-electron chi connectivity index (χ0n) is 17.5. The van der Waals surface area contributed by atoms with E-state index < -0.39 is 26.5 Å². The van der Waals surface area contributed by atoms with Gasteiger partial charge in [-0.15, -0.1) is 0 Å². The number of hydrogen-bond acceptors (Lipinski definition) is 1. The third kappa shape index (κ3) is 11.2. The third-order valence-electron chi connectivity index (χ3n) is 5.03. The molecule has 1 nitrogen and oxygen atoms in total. The molecule has 24 heavy (non-hydrogen) atoms. The summed E-state index contributed by atoms with van der Waals surface area (Å²) >= 11 is -2.41. The van der Waals surface area contributed by atoms with Crippen molar-refractivity contribution in [3.8, 4) is 11.5 Å². The fourth-order valence-corrected chi connectivity index (χ4v) is 20.5. The summed E-state index contributed by atoms with van der Waals surface area (Å²) in [4.78, 5) is 0. The molecule has 0 aromatic carbocycles. The minimum absolute atomic E-state index is 0.0673. The molecule has 0 rings (SSSR count). The Morgan fingerprint density at radius 2 is 1.29 bits per heavy atom. The van der Waals surface area contributed by atoms with Crippen LogP contribution < -0.4 is 0 Å². The van der Waals surface area contributed by atoms with Crippen LogP contribution in [-0.4, -0.2) is 35.7 Å². The van der Waals surface area contributed by atoms with E-state index in [4.69, 9.17) is 0 Å². The molecule has 0 radical (unpaired) electrons. The summed E-state index contributed by atoms with van der Waals surface area (Å²) < 4.78 is 4.30. The van der Waals surface area contributed by atoms with Crippen molar-refractivity contribution < 1.29 is 5.11 Å². The van der Waals surface area contributed by atoms with Gasteiger partial charge in [-0.3, -0.25) is 0 Å². The topological polar surface area (TPSA) is 20.2 Å². The van der Waals surface area contributed by atoms with E-state index in [0.717, 1.165) is 19.3 Å². The second kappa shape index (κ2) is 13.7. The molecular formula is C21H44OSiSn.